The minimum absolute atomic E-state index is 0.0949. The summed E-state index contributed by atoms with van der Waals surface area (Å²) in [5.41, 5.74) is 1.79. The molecule has 0 fully saturated rings. The lowest BCUT2D eigenvalue weighted by Gasteiger charge is -2.06. The number of benzene rings is 1. The molecule has 5 nitrogen and oxygen atoms in total. The number of amides is 1. The van der Waals surface area contributed by atoms with Crippen LogP contribution in [0.3, 0.4) is 0 Å². The van der Waals surface area contributed by atoms with Gasteiger partial charge in [-0.2, -0.15) is 0 Å². The molecule has 0 bridgehead atoms. The smallest absolute Gasteiger partial charge is 0.295 e. The van der Waals surface area contributed by atoms with E-state index in [1.165, 1.54) is 11.3 Å². The molecule has 3 rings (SSSR count). The van der Waals surface area contributed by atoms with Gasteiger partial charge in [-0.1, -0.05) is 0 Å². The lowest BCUT2D eigenvalue weighted by atomic mass is 10.1. The molecule has 0 saturated carbocycles. The molecule has 1 amide bonds. The maximum atomic E-state index is 13.4. The van der Waals surface area contributed by atoms with Crippen molar-refractivity contribution in [3.05, 3.63) is 58.5 Å². The first-order valence-corrected chi connectivity index (χ1v) is 7.84. The third kappa shape index (κ3) is 3.60. The lowest BCUT2D eigenvalue weighted by Crippen LogP contribution is -2.16. The van der Waals surface area contributed by atoms with Gasteiger partial charge in [0.25, 0.3) is 5.91 Å². The highest BCUT2D eigenvalue weighted by molar-refractivity contribution is 7.13. The maximum Gasteiger partial charge on any atom is 0.295 e. The Labute approximate surface area is 140 Å². The summed E-state index contributed by atoms with van der Waals surface area (Å²) in [6.45, 7) is 3.48. The molecule has 2 heterocycles. The van der Waals surface area contributed by atoms with Gasteiger partial charge in [-0.3, -0.25) is 10.1 Å². The van der Waals surface area contributed by atoms with E-state index < -0.39 is 17.5 Å². The van der Waals surface area contributed by atoms with Gasteiger partial charge in [-0.05, 0) is 32.0 Å². The van der Waals surface area contributed by atoms with Crippen molar-refractivity contribution in [3.63, 3.8) is 0 Å². The lowest BCUT2D eigenvalue weighted by molar-refractivity contribution is 0.101. The number of aromatic nitrogens is 3. The van der Waals surface area contributed by atoms with Crippen LogP contribution in [0.4, 0.5) is 13.9 Å². The Morgan fingerprint density at radius 2 is 1.71 bits per heavy atom. The largest absolute Gasteiger partial charge is 0.295 e. The molecule has 8 heteroatoms. The van der Waals surface area contributed by atoms with Crippen molar-refractivity contribution in [2.24, 2.45) is 0 Å². The number of carbonyl (C=O) groups excluding carboxylic acids is 1. The zero-order valence-corrected chi connectivity index (χ0v) is 13.6. The monoisotopic (exact) mass is 346 g/mol. The van der Waals surface area contributed by atoms with Gasteiger partial charge in [-0.15, -0.1) is 11.3 Å². The highest BCUT2D eigenvalue weighted by Gasteiger charge is 2.15. The van der Waals surface area contributed by atoms with E-state index >= 15 is 0 Å². The fourth-order valence-corrected chi connectivity index (χ4v) is 2.77. The summed E-state index contributed by atoms with van der Waals surface area (Å²) in [5, 5.41) is 4.83. The van der Waals surface area contributed by atoms with Crippen LogP contribution in [0, 0.1) is 25.5 Å². The normalized spacial score (nSPS) is 10.7. The second-order valence-corrected chi connectivity index (χ2v) is 5.98. The van der Waals surface area contributed by atoms with E-state index in [9.17, 15) is 13.6 Å². The number of hydrogen-bond donors (Lipinski definition) is 1. The summed E-state index contributed by atoms with van der Waals surface area (Å²) < 4.78 is 26.8. The molecule has 0 aliphatic rings. The first kappa shape index (κ1) is 16.1. The standard InChI is InChI=1S/C16H12F2N4OS/c1-8-3-13(10-4-11(17)6-12(18)5-10)21-14(19-8)15(23)22-16-20-9(2)7-24-16/h3-7H,1-2H3,(H,20,22,23). The van der Waals surface area contributed by atoms with Crippen LogP contribution in [0.2, 0.25) is 0 Å². The third-order valence-corrected chi connectivity index (χ3v) is 3.93. The molecule has 0 aliphatic heterocycles. The summed E-state index contributed by atoms with van der Waals surface area (Å²) in [4.78, 5) is 24.6. The Kier molecular flexibility index (Phi) is 4.30. The Hall–Kier alpha value is -2.74. The predicted octanol–water partition coefficient (Wildman–Crippen LogP) is 3.75. The van der Waals surface area contributed by atoms with Crippen LogP contribution in [-0.2, 0) is 0 Å². The summed E-state index contributed by atoms with van der Waals surface area (Å²) >= 11 is 1.28. The van der Waals surface area contributed by atoms with Gasteiger partial charge in [0.05, 0.1) is 11.4 Å². The van der Waals surface area contributed by atoms with Gasteiger partial charge in [-0.25, -0.2) is 23.7 Å². The summed E-state index contributed by atoms with van der Waals surface area (Å²) in [7, 11) is 0. The van der Waals surface area contributed by atoms with Gasteiger partial charge in [0, 0.05) is 22.7 Å². The molecule has 122 valence electrons. The van der Waals surface area contributed by atoms with Crippen LogP contribution in [0.15, 0.2) is 29.6 Å². The van der Waals surface area contributed by atoms with Gasteiger partial charge in [0.15, 0.2) is 5.13 Å². The molecule has 3 aromatic rings. The molecular formula is C16H12F2N4OS. The molecule has 2 aromatic heterocycles. The van der Waals surface area contributed by atoms with Crippen molar-refractivity contribution in [2.75, 3.05) is 5.32 Å². The minimum Gasteiger partial charge on any atom is -0.295 e. The predicted molar refractivity (Wildman–Crippen MR) is 86.9 cm³/mol. The van der Waals surface area contributed by atoms with Gasteiger partial charge in [0.1, 0.15) is 11.6 Å². The molecule has 1 N–H and O–H groups in total. The van der Waals surface area contributed by atoms with E-state index in [0.717, 1.165) is 23.9 Å². The van der Waals surface area contributed by atoms with Crippen molar-refractivity contribution >= 4 is 22.4 Å². The number of anilines is 1. The number of carbonyl (C=O) groups is 1. The second kappa shape index (κ2) is 6.40. The van der Waals surface area contributed by atoms with E-state index in [4.69, 9.17) is 0 Å². The number of nitrogens with zero attached hydrogens (tertiary/aromatic N) is 3. The minimum atomic E-state index is -0.717. The molecule has 0 spiro atoms. The van der Waals surface area contributed by atoms with Gasteiger partial charge < -0.3 is 0 Å². The second-order valence-electron chi connectivity index (χ2n) is 5.12. The molecule has 0 atom stereocenters. The van der Waals surface area contributed by atoms with Crippen LogP contribution in [0.25, 0.3) is 11.3 Å². The molecular weight excluding hydrogens is 334 g/mol. The molecule has 0 radical (unpaired) electrons. The fourth-order valence-electron chi connectivity index (χ4n) is 2.08. The highest BCUT2D eigenvalue weighted by atomic mass is 32.1. The Morgan fingerprint density at radius 1 is 1.00 bits per heavy atom. The fraction of sp³-hybridized carbons (Fsp3) is 0.125. The van der Waals surface area contributed by atoms with E-state index in [-0.39, 0.29) is 17.1 Å². The molecule has 0 saturated heterocycles. The van der Waals surface area contributed by atoms with Gasteiger partial charge in [0.2, 0.25) is 5.82 Å². The highest BCUT2D eigenvalue weighted by Crippen LogP contribution is 2.21. The zero-order chi connectivity index (χ0) is 17.3. The van der Waals surface area contributed by atoms with Crippen molar-refractivity contribution in [1.29, 1.82) is 0 Å². The first-order chi connectivity index (χ1) is 11.4. The summed E-state index contributed by atoms with van der Waals surface area (Å²) in [6.07, 6.45) is 0. The number of thiazole rings is 1. The van der Waals surface area contributed by atoms with E-state index in [1.54, 1.807) is 18.4 Å². The maximum absolute atomic E-state index is 13.4. The van der Waals surface area contributed by atoms with Crippen LogP contribution >= 0.6 is 11.3 Å². The Balaban J connectivity index is 1.95. The van der Waals surface area contributed by atoms with Crippen LogP contribution < -0.4 is 5.32 Å². The van der Waals surface area contributed by atoms with Crippen LogP contribution in [0.1, 0.15) is 22.0 Å². The summed E-state index contributed by atoms with van der Waals surface area (Å²) in [6, 6.07) is 4.63. The number of hydrogen-bond acceptors (Lipinski definition) is 5. The topological polar surface area (TPSA) is 67.8 Å². The van der Waals surface area contributed by atoms with Crippen molar-refractivity contribution in [3.8, 4) is 11.3 Å². The van der Waals surface area contributed by atoms with Crippen molar-refractivity contribution < 1.29 is 13.6 Å². The average Bonchev–Trinajstić information content (AvgIpc) is 2.90. The van der Waals surface area contributed by atoms with E-state index in [2.05, 4.69) is 20.3 Å². The number of halogens is 2. The van der Waals surface area contributed by atoms with E-state index in [0.29, 0.717) is 10.8 Å². The zero-order valence-electron chi connectivity index (χ0n) is 12.8. The third-order valence-electron chi connectivity index (χ3n) is 3.06. The Morgan fingerprint density at radius 3 is 2.33 bits per heavy atom. The molecule has 1 aromatic carbocycles. The Bertz CT molecular complexity index is 906. The van der Waals surface area contributed by atoms with Crippen LogP contribution in [-0.4, -0.2) is 20.9 Å². The van der Waals surface area contributed by atoms with Gasteiger partial charge >= 0.3 is 0 Å². The number of aryl methyl sites for hydroxylation is 2. The van der Waals surface area contributed by atoms with E-state index in [1.807, 2.05) is 6.92 Å². The first-order valence-electron chi connectivity index (χ1n) is 6.96. The molecule has 0 aliphatic carbocycles. The van der Waals surface area contributed by atoms with Crippen molar-refractivity contribution in [2.45, 2.75) is 13.8 Å². The SMILES string of the molecule is Cc1cc(-c2cc(F)cc(F)c2)nc(C(=O)Nc2nc(C)cs2)n1. The molecule has 0 unspecified atom stereocenters. The molecule has 24 heavy (non-hydrogen) atoms. The number of nitrogens with one attached hydrogen (secondary N) is 1. The average molecular weight is 346 g/mol. The summed E-state index contributed by atoms with van der Waals surface area (Å²) in [5.74, 6) is -2.07. The van der Waals surface area contributed by atoms with Crippen LogP contribution in [0.5, 0.6) is 0 Å². The quantitative estimate of drug-likeness (QED) is 0.784. The number of rotatable bonds is 3. The van der Waals surface area contributed by atoms with Crippen molar-refractivity contribution in [1.82, 2.24) is 15.0 Å².